The number of halogens is 2. The summed E-state index contributed by atoms with van der Waals surface area (Å²) < 4.78 is 5.92. The summed E-state index contributed by atoms with van der Waals surface area (Å²) in [5.41, 5.74) is 6.39. The van der Waals surface area contributed by atoms with E-state index in [-0.39, 0.29) is 11.7 Å². The van der Waals surface area contributed by atoms with E-state index in [4.69, 9.17) is 16.3 Å². The maximum atomic E-state index is 10.2. The molecule has 0 atom stereocenters. The first-order chi connectivity index (χ1) is 15.9. The number of anilines is 4. The SMILES string of the molecule is Cc1ccc(C)c(Nc2nc(N/N=C\c3cc(Cl)cc(Br)c3O)nc(N3CCOCC3)n2)c1. The Labute approximate surface area is 205 Å². The monoisotopic (exact) mass is 531 g/mol. The molecule has 33 heavy (non-hydrogen) atoms. The van der Waals surface area contributed by atoms with Gasteiger partial charge < -0.3 is 20.1 Å². The number of rotatable bonds is 6. The molecule has 172 valence electrons. The van der Waals surface area contributed by atoms with Gasteiger partial charge >= 0.3 is 0 Å². The van der Waals surface area contributed by atoms with Crippen LogP contribution in [0.2, 0.25) is 5.02 Å². The van der Waals surface area contributed by atoms with Gasteiger partial charge in [-0.3, -0.25) is 0 Å². The van der Waals surface area contributed by atoms with Gasteiger partial charge in [0.15, 0.2) is 0 Å². The van der Waals surface area contributed by atoms with E-state index in [1.54, 1.807) is 12.1 Å². The van der Waals surface area contributed by atoms with Gasteiger partial charge in [0, 0.05) is 29.4 Å². The molecule has 3 N–H and O–H groups in total. The van der Waals surface area contributed by atoms with Gasteiger partial charge in [-0.15, -0.1) is 0 Å². The standard InChI is InChI=1S/C22H23BrClN7O2/c1-13-3-4-14(2)18(9-13)26-20-27-21(29-22(28-20)31-5-7-33-8-6-31)30-25-12-15-10-16(24)11-17(23)19(15)32/h3-4,9-12,32H,5-8H2,1-2H3,(H2,26,27,28,29,30)/b25-12-. The minimum Gasteiger partial charge on any atom is -0.506 e. The molecule has 0 spiro atoms. The van der Waals surface area contributed by atoms with Crippen molar-refractivity contribution < 1.29 is 9.84 Å². The van der Waals surface area contributed by atoms with Gasteiger partial charge in [0.1, 0.15) is 5.75 Å². The first-order valence-corrected chi connectivity index (χ1v) is 11.5. The van der Waals surface area contributed by atoms with E-state index in [1.807, 2.05) is 30.9 Å². The number of ether oxygens (including phenoxy) is 1. The van der Waals surface area contributed by atoms with Gasteiger partial charge in [-0.05, 0) is 59.1 Å². The Morgan fingerprint density at radius 2 is 1.88 bits per heavy atom. The number of aryl methyl sites for hydroxylation is 2. The third-order valence-electron chi connectivity index (χ3n) is 4.98. The highest BCUT2D eigenvalue weighted by molar-refractivity contribution is 9.10. The molecule has 0 saturated carbocycles. The van der Waals surface area contributed by atoms with Crippen LogP contribution in [0.15, 0.2) is 39.9 Å². The van der Waals surface area contributed by atoms with Crippen molar-refractivity contribution in [1.82, 2.24) is 15.0 Å². The van der Waals surface area contributed by atoms with Crippen molar-refractivity contribution in [3.63, 3.8) is 0 Å². The zero-order chi connectivity index (χ0) is 23.4. The molecule has 1 aliphatic heterocycles. The topological polar surface area (TPSA) is 108 Å². The summed E-state index contributed by atoms with van der Waals surface area (Å²) in [5, 5.41) is 18.1. The summed E-state index contributed by atoms with van der Waals surface area (Å²) in [4.78, 5) is 15.6. The molecule has 9 nitrogen and oxygen atoms in total. The number of hydrogen-bond acceptors (Lipinski definition) is 9. The molecule has 0 radical (unpaired) electrons. The average molecular weight is 533 g/mol. The number of phenolic OH excluding ortho intramolecular Hbond substituents is 1. The van der Waals surface area contributed by atoms with Crippen LogP contribution < -0.4 is 15.6 Å². The van der Waals surface area contributed by atoms with Crippen molar-refractivity contribution in [3.8, 4) is 5.75 Å². The quantitative estimate of drug-likeness (QED) is 0.311. The molecule has 2 heterocycles. The fourth-order valence-corrected chi connectivity index (χ4v) is 4.04. The predicted molar refractivity (Wildman–Crippen MR) is 134 cm³/mol. The lowest BCUT2D eigenvalue weighted by Gasteiger charge is -2.27. The predicted octanol–water partition coefficient (Wildman–Crippen LogP) is 4.64. The molecule has 4 rings (SSSR count). The minimum atomic E-state index is 0.0341. The number of benzene rings is 2. The Hall–Kier alpha value is -2.95. The van der Waals surface area contributed by atoms with Crippen LogP contribution in [0.1, 0.15) is 16.7 Å². The van der Waals surface area contributed by atoms with Crippen LogP contribution in [0.5, 0.6) is 5.75 Å². The van der Waals surface area contributed by atoms with Crippen LogP contribution >= 0.6 is 27.5 Å². The third-order valence-corrected chi connectivity index (χ3v) is 5.81. The van der Waals surface area contributed by atoms with Crippen molar-refractivity contribution in [2.75, 3.05) is 41.9 Å². The van der Waals surface area contributed by atoms with Crippen LogP contribution in [0.3, 0.4) is 0 Å². The number of aromatic nitrogens is 3. The molecule has 2 aromatic carbocycles. The highest BCUT2D eigenvalue weighted by atomic mass is 79.9. The zero-order valence-electron chi connectivity index (χ0n) is 18.1. The van der Waals surface area contributed by atoms with E-state index in [2.05, 4.69) is 52.8 Å². The Bertz CT molecular complexity index is 1190. The summed E-state index contributed by atoms with van der Waals surface area (Å²) >= 11 is 9.33. The summed E-state index contributed by atoms with van der Waals surface area (Å²) in [5.74, 6) is 1.21. The Kier molecular flexibility index (Phi) is 7.26. The zero-order valence-corrected chi connectivity index (χ0v) is 20.5. The molecule has 1 fully saturated rings. The number of aromatic hydroxyl groups is 1. The number of nitrogens with one attached hydrogen (secondary N) is 2. The second-order valence-corrected chi connectivity index (χ2v) is 8.81. The van der Waals surface area contributed by atoms with Crippen molar-refractivity contribution in [2.45, 2.75) is 13.8 Å². The highest BCUT2D eigenvalue weighted by Crippen LogP contribution is 2.30. The molecule has 0 bridgehead atoms. The van der Waals surface area contributed by atoms with Gasteiger partial charge in [0.2, 0.25) is 17.8 Å². The lowest BCUT2D eigenvalue weighted by Crippen LogP contribution is -2.37. The maximum absolute atomic E-state index is 10.2. The van der Waals surface area contributed by atoms with Crippen LogP contribution in [0.4, 0.5) is 23.5 Å². The van der Waals surface area contributed by atoms with E-state index in [1.165, 1.54) is 6.21 Å². The smallest absolute Gasteiger partial charge is 0.250 e. The Morgan fingerprint density at radius 1 is 1.12 bits per heavy atom. The number of phenols is 1. The van der Waals surface area contributed by atoms with Crippen molar-refractivity contribution in [1.29, 1.82) is 0 Å². The number of hydrazone groups is 1. The molecule has 1 saturated heterocycles. The van der Waals surface area contributed by atoms with E-state index >= 15 is 0 Å². The van der Waals surface area contributed by atoms with E-state index < -0.39 is 0 Å². The largest absolute Gasteiger partial charge is 0.506 e. The molecule has 1 aromatic heterocycles. The Morgan fingerprint density at radius 3 is 2.67 bits per heavy atom. The maximum Gasteiger partial charge on any atom is 0.250 e. The summed E-state index contributed by atoms with van der Waals surface area (Å²) in [6.45, 7) is 6.62. The van der Waals surface area contributed by atoms with Gasteiger partial charge in [-0.1, -0.05) is 23.7 Å². The third kappa shape index (κ3) is 5.89. The highest BCUT2D eigenvalue weighted by Gasteiger charge is 2.17. The van der Waals surface area contributed by atoms with Crippen LogP contribution in [-0.2, 0) is 4.74 Å². The molecule has 0 aliphatic carbocycles. The molecule has 3 aromatic rings. The fraction of sp³-hybridized carbons (Fsp3) is 0.273. The lowest BCUT2D eigenvalue weighted by atomic mass is 10.1. The molecular formula is C22H23BrClN7O2. The molecule has 1 aliphatic rings. The van der Waals surface area contributed by atoms with E-state index in [0.717, 1.165) is 16.8 Å². The van der Waals surface area contributed by atoms with Gasteiger partial charge in [0.25, 0.3) is 0 Å². The first kappa shape index (κ1) is 23.2. The summed E-state index contributed by atoms with van der Waals surface area (Å²) in [6.07, 6.45) is 1.45. The molecule has 0 amide bonds. The summed E-state index contributed by atoms with van der Waals surface area (Å²) in [7, 11) is 0. The van der Waals surface area contributed by atoms with Crippen LogP contribution in [0, 0.1) is 13.8 Å². The first-order valence-electron chi connectivity index (χ1n) is 10.3. The molecule has 0 unspecified atom stereocenters. The fourth-order valence-electron chi connectivity index (χ4n) is 3.21. The van der Waals surface area contributed by atoms with Gasteiger partial charge in [-0.25, -0.2) is 5.43 Å². The van der Waals surface area contributed by atoms with Gasteiger partial charge in [-0.2, -0.15) is 20.1 Å². The van der Waals surface area contributed by atoms with Crippen molar-refractivity contribution >= 4 is 57.3 Å². The lowest BCUT2D eigenvalue weighted by molar-refractivity contribution is 0.122. The minimum absolute atomic E-state index is 0.0341. The molecule has 11 heteroatoms. The van der Waals surface area contributed by atoms with Crippen LogP contribution in [-0.4, -0.2) is 52.6 Å². The average Bonchev–Trinajstić information content (AvgIpc) is 2.80. The number of nitrogens with zero attached hydrogens (tertiary/aromatic N) is 5. The van der Waals surface area contributed by atoms with E-state index in [0.29, 0.717) is 53.3 Å². The number of hydrogen-bond donors (Lipinski definition) is 3. The normalized spacial score (nSPS) is 14.0. The van der Waals surface area contributed by atoms with Gasteiger partial charge in [0.05, 0.1) is 23.9 Å². The number of morpholine rings is 1. The second-order valence-electron chi connectivity index (χ2n) is 7.52. The van der Waals surface area contributed by atoms with Crippen molar-refractivity contribution in [3.05, 3.63) is 56.5 Å². The summed E-state index contributed by atoms with van der Waals surface area (Å²) in [6, 6.07) is 9.35. The second kappa shape index (κ2) is 10.3. The molecular weight excluding hydrogens is 510 g/mol. The van der Waals surface area contributed by atoms with E-state index in [9.17, 15) is 5.11 Å². The Balaban J connectivity index is 1.62. The van der Waals surface area contributed by atoms with Crippen LogP contribution in [0.25, 0.3) is 0 Å². The van der Waals surface area contributed by atoms with Crippen molar-refractivity contribution in [2.24, 2.45) is 5.10 Å².